The Hall–Kier alpha value is -2.32. The number of likely N-dealkylation sites (tertiary alicyclic amines) is 1. The van der Waals surface area contributed by atoms with Gasteiger partial charge in [0.15, 0.2) is 0 Å². The van der Waals surface area contributed by atoms with Crippen LogP contribution < -0.4 is 10.6 Å². The first-order valence-electron chi connectivity index (χ1n) is 12.3. The molecule has 1 aromatic carbocycles. The number of carbonyl (C=O) groups excluding carboxylic acids is 2. The van der Waals surface area contributed by atoms with E-state index in [9.17, 15) is 9.59 Å². The SMILES string of the molecule is C[C@H]1CNCC[C@@H]1CN1CCC(c2cc3c(cc2F)c(C2CCC(=O)NC2=O)nn3C)CC1. The van der Waals surface area contributed by atoms with E-state index in [1.54, 1.807) is 10.7 Å². The third-order valence-corrected chi connectivity index (χ3v) is 8.05. The van der Waals surface area contributed by atoms with Crippen LogP contribution >= 0.6 is 0 Å². The fraction of sp³-hybridized carbons (Fsp3) is 0.640. The quantitative estimate of drug-likeness (QED) is 0.693. The number of halogens is 1. The molecule has 3 fully saturated rings. The van der Waals surface area contributed by atoms with Gasteiger partial charge in [0.2, 0.25) is 11.8 Å². The number of piperidine rings is 3. The number of amides is 2. The number of nitrogens with one attached hydrogen (secondary N) is 2. The molecule has 4 heterocycles. The van der Waals surface area contributed by atoms with Crippen molar-refractivity contribution >= 4 is 22.7 Å². The number of fused-ring (bicyclic) bond motifs is 1. The molecule has 1 unspecified atom stereocenters. The van der Waals surface area contributed by atoms with Crippen molar-refractivity contribution in [1.29, 1.82) is 0 Å². The van der Waals surface area contributed by atoms with Gasteiger partial charge in [-0.1, -0.05) is 6.92 Å². The molecule has 1 aromatic heterocycles. The van der Waals surface area contributed by atoms with Gasteiger partial charge >= 0.3 is 0 Å². The van der Waals surface area contributed by atoms with E-state index in [-0.39, 0.29) is 30.0 Å². The van der Waals surface area contributed by atoms with Gasteiger partial charge in [0.05, 0.1) is 17.1 Å². The number of rotatable bonds is 4. The first kappa shape index (κ1) is 22.5. The third-order valence-electron chi connectivity index (χ3n) is 8.05. The molecule has 0 spiro atoms. The molecule has 3 aliphatic heterocycles. The zero-order valence-electron chi connectivity index (χ0n) is 19.6. The predicted octanol–water partition coefficient (Wildman–Crippen LogP) is 2.66. The summed E-state index contributed by atoms with van der Waals surface area (Å²) >= 11 is 0. The minimum Gasteiger partial charge on any atom is -0.316 e. The van der Waals surface area contributed by atoms with Gasteiger partial charge in [-0.2, -0.15) is 5.10 Å². The zero-order valence-corrected chi connectivity index (χ0v) is 19.6. The van der Waals surface area contributed by atoms with Crippen molar-refractivity contribution in [2.24, 2.45) is 18.9 Å². The molecule has 2 N–H and O–H groups in total. The standard InChI is InChI=1S/C25H34FN5O2/c1-15-13-27-8-5-17(15)14-31-9-6-16(7-10-31)19-12-22-20(11-21(19)26)24(29-30(22)2)18-3-4-23(32)28-25(18)33/h11-12,15-18,27H,3-10,13-14H2,1-2H3,(H,28,32,33)/t15-,17+,18?/m0/s1. The second-order valence-electron chi connectivity index (χ2n) is 10.2. The van der Waals surface area contributed by atoms with Gasteiger partial charge in [-0.15, -0.1) is 0 Å². The Labute approximate surface area is 194 Å². The monoisotopic (exact) mass is 455 g/mol. The average Bonchev–Trinajstić information content (AvgIpc) is 3.10. The zero-order chi connectivity index (χ0) is 23.1. The molecule has 2 amide bonds. The van der Waals surface area contributed by atoms with Gasteiger partial charge in [0, 0.05) is 25.4 Å². The highest BCUT2D eigenvalue weighted by Crippen LogP contribution is 2.36. The summed E-state index contributed by atoms with van der Waals surface area (Å²) in [7, 11) is 1.84. The van der Waals surface area contributed by atoms with Crippen molar-refractivity contribution in [1.82, 2.24) is 25.3 Å². The average molecular weight is 456 g/mol. The van der Waals surface area contributed by atoms with E-state index >= 15 is 4.39 Å². The molecule has 33 heavy (non-hydrogen) atoms. The number of carbonyl (C=O) groups is 2. The maximum atomic E-state index is 15.3. The molecule has 3 atom stereocenters. The minimum atomic E-state index is -0.516. The Morgan fingerprint density at radius 1 is 1.15 bits per heavy atom. The van der Waals surface area contributed by atoms with Gasteiger partial charge in [0.25, 0.3) is 0 Å². The van der Waals surface area contributed by atoms with Crippen LogP contribution in [0.3, 0.4) is 0 Å². The third kappa shape index (κ3) is 4.43. The summed E-state index contributed by atoms with van der Waals surface area (Å²) < 4.78 is 17.1. The van der Waals surface area contributed by atoms with Crippen LogP contribution in [0.5, 0.6) is 0 Å². The molecule has 0 radical (unpaired) electrons. The lowest BCUT2D eigenvalue weighted by atomic mass is 9.85. The number of benzene rings is 1. The van der Waals surface area contributed by atoms with Crippen LogP contribution in [0.4, 0.5) is 4.39 Å². The van der Waals surface area contributed by atoms with Gasteiger partial charge in [0.1, 0.15) is 5.82 Å². The van der Waals surface area contributed by atoms with Crippen molar-refractivity contribution in [3.63, 3.8) is 0 Å². The van der Waals surface area contributed by atoms with Gasteiger partial charge in [-0.25, -0.2) is 4.39 Å². The van der Waals surface area contributed by atoms with E-state index in [2.05, 4.69) is 27.6 Å². The number of imide groups is 1. The molecule has 5 rings (SSSR count). The molecule has 0 saturated carbocycles. The highest BCUT2D eigenvalue weighted by atomic mass is 19.1. The fourth-order valence-corrected chi connectivity index (χ4v) is 5.94. The lowest BCUT2D eigenvalue weighted by Crippen LogP contribution is -2.43. The Balaban J connectivity index is 1.31. The van der Waals surface area contributed by atoms with Gasteiger partial charge in [-0.05, 0) is 87.3 Å². The summed E-state index contributed by atoms with van der Waals surface area (Å²) in [6, 6.07) is 3.49. The first-order chi connectivity index (χ1) is 15.9. The van der Waals surface area contributed by atoms with Crippen LogP contribution in [-0.2, 0) is 16.6 Å². The Morgan fingerprint density at radius 3 is 2.67 bits per heavy atom. The first-order valence-corrected chi connectivity index (χ1v) is 12.3. The normalized spacial score (nSPS) is 27.8. The summed E-state index contributed by atoms with van der Waals surface area (Å²) in [5, 5.41) is 11.1. The van der Waals surface area contributed by atoms with Crippen molar-refractivity contribution in [2.45, 2.75) is 50.9 Å². The smallest absolute Gasteiger partial charge is 0.235 e. The fourth-order valence-electron chi connectivity index (χ4n) is 5.94. The molecule has 3 aliphatic rings. The summed E-state index contributed by atoms with van der Waals surface area (Å²) in [5.41, 5.74) is 2.17. The summed E-state index contributed by atoms with van der Waals surface area (Å²) in [5.74, 6) is 0.324. The van der Waals surface area contributed by atoms with Gasteiger partial charge < -0.3 is 10.2 Å². The van der Waals surface area contributed by atoms with Crippen LogP contribution in [0.2, 0.25) is 0 Å². The second-order valence-corrected chi connectivity index (χ2v) is 10.2. The molecule has 0 bridgehead atoms. The highest BCUT2D eigenvalue weighted by molar-refractivity contribution is 6.02. The number of hydrogen-bond acceptors (Lipinski definition) is 5. The molecular weight excluding hydrogens is 421 g/mol. The summed E-state index contributed by atoms with van der Waals surface area (Å²) in [6.07, 6.45) is 3.85. The molecule has 3 saturated heterocycles. The summed E-state index contributed by atoms with van der Waals surface area (Å²) in [6.45, 7) is 7.72. The molecule has 178 valence electrons. The predicted molar refractivity (Wildman–Crippen MR) is 124 cm³/mol. The molecular formula is C25H34FN5O2. The minimum absolute atomic E-state index is 0.199. The number of aryl methyl sites for hydroxylation is 1. The van der Waals surface area contributed by atoms with Crippen molar-refractivity contribution in [3.05, 3.63) is 29.2 Å². The maximum Gasteiger partial charge on any atom is 0.235 e. The van der Waals surface area contributed by atoms with Crippen molar-refractivity contribution < 1.29 is 14.0 Å². The lowest BCUT2D eigenvalue weighted by molar-refractivity contribution is -0.134. The van der Waals surface area contributed by atoms with Crippen molar-refractivity contribution in [2.75, 3.05) is 32.7 Å². The van der Waals surface area contributed by atoms with Crippen LogP contribution in [0, 0.1) is 17.7 Å². The van der Waals surface area contributed by atoms with Crippen LogP contribution in [0.25, 0.3) is 10.9 Å². The maximum absolute atomic E-state index is 15.3. The van der Waals surface area contributed by atoms with Crippen LogP contribution in [0.1, 0.15) is 62.1 Å². The Kier molecular flexibility index (Phi) is 6.22. The van der Waals surface area contributed by atoms with E-state index in [1.807, 2.05) is 13.1 Å². The summed E-state index contributed by atoms with van der Waals surface area (Å²) in [4.78, 5) is 26.4. The van der Waals surface area contributed by atoms with E-state index in [4.69, 9.17) is 0 Å². The number of aromatic nitrogens is 2. The topological polar surface area (TPSA) is 79.3 Å². The van der Waals surface area contributed by atoms with Crippen LogP contribution in [0.15, 0.2) is 12.1 Å². The molecule has 2 aromatic rings. The molecule has 0 aliphatic carbocycles. The van der Waals surface area contributed by atoms with E-state index in [1.165, 1.54) is 6.42 Å². The highest BCUT2D eigenvalue weighted by Gasteiger charge is 2.33. The largest absolute Gasteiger partial charge is 0.316 e. The van der Waals surface area contributed by atoms with Crippen LogP contribution in [-0.4, -0.2) is 59.2 Å². The number of nitrogens with zero attached hydrogens (tertiary/aromatic N) is 3. The second kappa shape index (κ2) is 9.14. The van der Waals surface area contributed by atoms with Gasteiger partial charge in [-0.3, -0.25) is 19.6 Å². The van der Waals surface area contributed by atoms with E-state index < -0.39 is 5.92 Å². The Bertz CT molecular complexity index is 1060. The van der Waals surface area contributed by atoms with E-state index in [0.717, 1.165) is 62.6 Å². The van der Waals surface area contributed by atoms with Crippen molar-refractivity contribution in [3.8, 4) is 0 Å². The molecule has 7 nitrogen and oxygen atoms in total. The molecule has 8 heteroatoms. The lowest BCUT2D eigenvalue weighted by Gasteiger charge is -2.38. The van der Waals surface area contributed by atoms with E-state index in [0.29, 0.717) is 23.4 Å². The number of hydrogen-bond donors (Lipinski definition) is 2. The Morgan fingerprint density at radius 2 is 1.94 bits per heavy atom.